The Hall–Kier alpha value is -3.35. The highest BCUT2D eigenvalue weighted by atomic mass is 16.1. The van der Waals surface area contributed by atoms with Crippen molar-refractivity contribution in [2.75, 3.05) is 0 Å². The van der Waals surface area contributed by atoms with Crippen LogP contribution in [0.2, 0.25) is 0 Å². The first-order valence-corrected chi connectivity index (χ1v) is 10.5. The van der Waals surface area contributed by atoms with Gasteiger partial charge in [0.05, 0.1) is 41.2 Å². The van der Waals surface area contributed by atoms with E-state index in [2.05, 4.69) is 29.0 Å². The number of pyridine rings is 1. The van der Waals surface area contributed by atoms with E-state index in [9.17, 15) is 4.79 Å². The topological polar surface area (TPSA) is 78.0 Å². The number of rotatable bonds is 8. The van der Waals surface area contributed by atoms with Crippen molar-refractivity contribution >= 4 is 11.9 Å². The predicted octanol–water partition coefficient (Wildman–Crippen LogP) is 4.78. The van der Waals surface area contributed by atoms with Crippen LogP contribution in [0, 0.1) is 6.92 Å². The molecule has 0 fully saturated rings. The van der Waals surface area contributed by atoms with Gasteiger partial charge >= 0.3 is 0 Å². The maximum atomic E-state index is 11.9. The molecule has 4 aromatic rings. The summed E-state index contributed by atoms with van der Waals surface area (Å²) in [5.41, 5.74) is 5.85. The Bertz CT molecular complexity index is 1160. The van der Waals surface area contributed by atoms with Crippen LogP contribution in [0.1, 0.15) is 67.2 Å². The fourth-order valence-corrected chi connectivity index (χ4v) is 4.04. The molecule has 0 aliphatic heterocycles. The van der Waals surface area contributed by atoms with Crippen LogP contribution in [0.25, 0.3) is 22.5 Å². The quantitative estimate of drug-likeness (QED) is 0.396. The first-order chi connectivity index (χ1) is 14.7. The van der Waals surface area contributed by atoms with Crippen molar-refractivity contribution < 1.29 is 4.79 Å². The van der Waals surface area contributed by atoms with Gasteiger partial charge in [-0.3, -0.25) is 9.78 Å². The summed E-state index contributed by atoms with van der Waals surface area (Å²) in [4.78, 5) is 21.1. The van der Waals surface area contributed by atoms with E-state index in [-0.39, 0.29) is 5.92 Å². The monoisotopic (exact) mass is 402 g/mol. The molecule has 4 heterocycles. The Labute approximate surface area is 175 Å². The minimum absolute atomic E-state index is 0.268. The zero-order chi connectivity index (χ0) is 21.1. The van der Waals surface area contributed by atoms with Crippen molar-refractivity contribution in [1.82, 2.24) is 29.4 Å². The van der Waals surface area contributed by atoms with Crippen LogP contribution in [0.5, 0.6) is 0 Å². The van der Waals surface area contributed by atoms with Gasteiger partial charge in [-0.25, -0.2) is 14.2 Å². The maximum absolute atomic E-state index is 11.9. The van der Waals surface area contributed by atoms with Crippen molar-refractivity contribution in [2.24, 2.45) is 0 Å². The van der Waals surface area contributed by atoms with Gasteiger partial charge in [-0.1, -0.05) is 26.7 Å². The second kappa shape index (κ2) is 8.57. The summed E-state index contributed by atoms with van der Waals surface area (Å²) in [6, 6.07) is 3.84. The molecule has 0 radical (unpaired) electrons. The fraction of sp³-hybridized carbons (Fsp3) is 0.348. The smallest absolute Gasteiger partial charge is 0.163 e. The average molecular weight is 403 g/mol. The summed E-state index contributed by atoms with van der Waals surface area (Å²) in [6.45, 7) is 6.28. The van der Waals surface area contributed by atoms with Crippen LogP contribution in [0.15, 0.2) is 43.1 Å². The fourth-order valence-electron chi connectivity index (χ4n) is 4.04. The molecule has 0 bridgehead atoms. The van der Waals surface area contributed by atoms with E-state index in [0.29, 0.717) is 5.56 Å². The van der Waals surface area contributed by atoms with Gasteiger partial charge in [0.1, 0.15) is 0 Å². The Balaban J connectivity index is 1.85. The molecule has 0 N–H and O–H groups in total. The van der Waals surface area contributed by atoms with Gasteiger partial charge in [-0.2, -0.15) is 10.2 Å². The van der Waals surface area contributed by atoms with Crippen molar-refractivity contribution in [3.05, 3.63) is 60.1 Å². The number of hydrogen-bond donors (Lipinski definition) is 0. The Morgan fingerprint density at radius 2 is 1.90 bits per heavy atom. The lowest BCUT2D eigenvalue weighted by atomic mass is 9.91. The van der Waals surface area contributed by atoms with Crippen LogP contribution in [-0.2, 0) is 0 Å². The lowest BCUT2D eigenvalue weighted by molar-refractivity contribution is 0.112. The van der Waals surface area contributed by atoms with Gasteiger partial charge in [0.15, 0.2) is 11.9 Å². The lowest BCUT2D eigenvalue weighted by Crippen LogP contribution is -2.11. The molecule has 0 spiro atoms. The van der Waals surface area contributed by atoms with Crippen molar-refractivity contribution in [1.29, 1.82) is 0 Å². The van der Waals surface area contributed by atoms with Crippen LogP contribution < -0.4 is 0 Å². The first-order valence-electron chi connectivity index (χ1n) is 10.5. The second-order valence-electron chi connectivity index (χ2n) is 7.57. The molecule has 0 unspecified atom stereocenters. The highest BCUT2D eigenvalue weighted by molar-refractivity contribution is 5.82. The molecule has 0 aliphatic rings. The number of carbonyl (C=O) groups is 1. The minimum atomic E-state index is 0.268. The van der Waals surface area contributed by atoms with Crippen LogP contribution in [-0.4, -0.2) is 35.6 Å². The van der Waals surface area contributed by atoms with E-state index in [1.54, 1.807) is 27.8 Å². The van der Waals surface area contributed by atoms with Crippen molar-refractivity contribution in [3.8, 4) is 16.8 Å². The van der Waals surface area contributed by atoms with Gasteiger partial charge < -0.3 is 0 Å². The number of hydrogen-bond acceptors (Lipinski definition) is 5. The molecule has 0 saturated carbocycles. The number of aromatic nitrogens is 6. The van der Waals surface area contributed by atoms with Crippen molar-refractivity contribution in [2.45, 2.75) is 52.4 Å². The largest absolute Gasteiger partial charge is 0.298 e. The summed E-state index contributed by atoms with van der Waals surface area (Å²) in [5, 5.41) is 9.00. The molecular formula is C23H26N6O. The molecule has 0 atom stereocenters. The number of aryl methyl sites for hydroxylation is 1. The minimum Gasteiger partial charge on any atom is -0.298 e. The average Bonchev–Trinajstić information content (AvgIpc) is 3.41. The Morgan fingerprint density at radius 3 is 2.57 bits per heavy atom. The molecule has 154 valence electrons. The third kappa shape index (κ3) is 3.51. The summed E-state index contributed by atoms with van der Waals surface area (Å²) in [7, 11) is 0. The molecule has 7 nitrogen and oxygen atoms in total. The molecule has 4 aromatic heterocycles. The second-order valence-corrected chi connectivity index (χ2v) is 7.57. The molecule has 0 aliphatic carbocycles. The van der Waals surface area contributed by atoms with Gasteiger partial charge in [0, 0.05) is 29.4 Å². The SMILES string of the molecule is CCCC(CCC)c1nc2c(-c3cnn(-c4cccnc4)c3)cnn2c(C)c1C=O. The van der Waals surface area contributed by atoms with E-state index in [0.717, 1.165) is 65.8 Å². The Morgan fingerprint density at radius 1 is 1.10 bits per heavy atom. The highest BCUT2D eigenvalue weighted by Gasteiger charge is 2.22. The lowest BCUT2D eigenvalue weighted by Gasteiger charge is -2.18. The zero-order valence-corrected chi connectivity index (χ0v) is 17.6. The van der Waals surface area contributed by atoms with E-state index in [1.807, 2.05) is 31.5 Å². The van der Waals surface area contributed by atoms with E-state index in [1.165, 1.54) is 0 Å². The third-order valence-corrected chi connectivity index (χ3v) is 5.54. The zero-order valence-electron chi connectivity index (χ0n) is 17.6. The molecular weight excluding hydrogens is 376 g/mol. The summed E-state index contributed by atoms with van der Waals surface area (Å²) in [5.74, 6) is 0.268. The Kier molecular flexibility index (Phi) is 5.70. The number of aldehydes is 1. The van der Waals surface area contributed by atoms with Crippen LogP contribution in [0.3, 0.4) is 0 Å². The number of nitrogens with zero attached hydrogens (tertiary/aromatic N) is 6. The molecule has 30 heavy (non-hydrogen) atoms. The highest BCUT2D eigenvalue weighted by Crippen LogP contribution is 2.32. The normalized spacial score (nSPS) is 11.5. The van der Waals surface area contributed by atoms with E-state index in [4.69, 9.17) is 4.98 Å². The first kappa shape index (κ1) is 19.9. The van der Waals surface area contributed by atoms with Crippen LogP contribution >= 0.6 is 0 Å². The predicted molar refractivity (Wildman–Crippen MR) is 116 cm³/mol. The van der Waals surface area contributed by atoms with Gasteiger partial charge in [0.25, 0.3) is 0 Å². The summed E-state index contributed by atoms with van der Waals surface area (Å²) < 4.78 is 3.55. The van der Waals surface area contributed by atoms with Gasteiger partial charge in [0.2, 0.25) is 0 Å². The van der Waals surface area contributed by atoms with Gasteiger partial charge in [-0.05, 0) is 31.9 Å². The molecule has 0 aromatic carbocycles. The standard InChI is InChI=1S/C23H26N6O/c1-4-7-17(8-5-2)22-21(15-30)16(3)29-23(27-22)20(13-26-29)18-11-25-28(14-18)19-9-6-10-24-12-19/h6,9-15,17H,4-5,7-8H2,1-3H3. The van der Waals surface area contributed by atoms with Crippen LogP contribution in [0.4, 0.5) is 0 Å². The number of fused-ring (bicyclic) bond motifs is 1. The molecule has 7 heteroatoms. The van der Waals surface area contributed by atoms with E-state index < -0.39 is 0 Å². The molecule has 0 amide bonds. The molecule has 4 rings (SSSR count). The van der Waals surface area contributed by atoms with Crippen molar-refractivity contribution in [3.63, 3.8) is 0 Å². The number of carbonyl (C=O) groups excluding carboxylic acids is 1. The van der Waals surface area contributed by atoms with E-state index >= 15 is 0 Å². The summed E-state index contributed by atoms with van der Waals surface area (Å²) >= 11 is 0. The third-order valence-electron chi connectivity index (χ3n) is 5.54. The maximum Gasteiger partial charge on any atom is 0.163 e. The summed E-state index contributed by atoms with van der Waals surface area (Å²) in [6.07, 6.45) is 14.1. The molecule has 0 saturated heterocycles. The van der Waals surface area contributed by atoms with Gasteiger partial charge in [-0.15, -0.1) is 0 Å².